The van der Waals surface area contributed by atoms with E-state index in [1.807, 2.05) is 13.8 Å². The van der Waals surface area contributed by atoms with Gasteiger partial charge in [0.1, 0.15) is 31.1 Å². The summed E-state index contributed by atoms with van der Waals surface area (Å²) in [5.74, 6) is -3.77. The topological polar surface area (TPSA) is 347 Å². The predicted octanol–water partition coefficient (Wildman–Crippen LogP) is 4.32. The normalized spacial score (nSPS) is 17.5. The van der Waals surface area contributed by atoms with Crippen molar-refractivity contribution in [1.82, 2.24) is 35.7 Å². The largest absolute Gasteiger partial charge is 0.458 e. The number of nitrogens with zero attached hydrogens (tertiary/aromatic N) is 3. The summed E-state index contributed by atoms with van der Waals surface area (Å²) in [5.41, 5.74) is 2.42. The number of hydrogen-bond donors (Lipinski definition) is 6. The number of hydrogen-bond acceptors (Lipinski definition) is 22. The quantitative estimate of drug-likeness (QED) is 0.0180. The zero-order chi connectivity index (χ0) is 71.2. The summed E-state index contributed by atoms with van der Waals surface area (Å²) >= 11 is 1.47. The minimum absolute atomic E-state index is 0.00762. The number of esters is 1. The summed E-state index contributed by atoms with van der Waals surface area (Å²) in [6.45, 7) is 17.8. The van der Waals surface area contributed by atoms with E-state index in [1.54, 1.807) is 58.0 Å². The third-order valence-corrected chi connectivity index (χ3v) is 18.4. The van der Waals surface area contributed by atoms with E-state index in [-0.39, 0.29) is 117 Å². The number of aromatic nitrogens is 2. The molecule has 4 aliphatic rings. The van der Waals surface area contributed by atoms with Crippen LogP contribution in [0.3, 0.4) is 0 Å². The van der Waals surface area contributed by atoms with Gasteiger partial charge >= 0.3 is 12.1 Å². The number of fused-ring (bicyclic) bond motifs is 5. The zero-order valence-corrected chi connectivity index (χ0v) is 58.2. The molecule has 7 amide bonds. The van der Waals surface area contributed by atoms with Crippen molar-refractivity contribution in [3.05, 3.63) is 91.5 Å². The Kier molecular flexibility index (Phi) is 29.5. The average molecular weight is 1410 g/mol. The van der Waals surface area contributed by atoms with Crippen molar-refractivity contribution in [3.8, 4) is 11.4 Å². The highest BCUT2D eigenvalue weighted by Gasteiger charge is 2.46. The highest BCUT2D eigenvalue weighted by atomic mass is 32.2. The average Bonchev–Trinajstić information content (AvgIpc) is 1.56. The highest BCUT2D eigenvalue weighted by Crippen LogP contribution is 2.46. The lowest BCUT2D eigenvalue weighted by atomic mass is 9.81. The van der Waals surface area contributed by atoms with Crippen molar-refractivity contribution in [2.45, 2.75) is 141 Å². The van der Waals surface area contributed by atoms with E-state index in [1.165, 1.54) is 34.2 Å². The Labute approximate surface area is 578 Å². The number of nitrogens with one attached hydrogen (secondary N) is 5. The molecule has 542 valence electrons. The van der Waals surface area contributed by atoms with E-state index < -0.39 is 64.9 Å². The summed E-state index contributed by atoms with van der Waals surface area (Å²) < 4.78 is 72.0. The number of ether oxygens (including phenoxy) is 10. The van der Waals surface area contributed by atoms with Crippen LogP contribution in [0.1, 0.15) is 119 Å². The molecule has 2 aromatic carbocycles. The van der Waals surface area contributed by atoms with Crippen molar-refractivity contribution in [2.24, 2.45) is 5.92 Å². The van der Waals surface area contributed by atoms with Gasteiger partial charge in [-0.25, -0.2) is 19.0 Å². The molecular formula is C69H93FN8O20S. The standard InChI is InChI=1S/C69H93FN8O20S/c1-8-69(88)50-35-54-62-48(38-78(54)65(84)49(50)40-97-67(69)86)60-52(14-13-47-43(6)51(70)36-53(74-62)59(47)60)75-68(87)98-39-45-9-11-46(12-10-45)73-63(82)44(7)72-64(83)61(41(2)3)76-57(80)16-19-89-21-23-91-25-27-93-29-31-95-33-34-96-32-30-94-28-26-92-24-22-90-20-17-71-56(79)15-18-77-58(81)37-55(66(77)85)99-42(4)5/h9-12,35-36,41-42,44,52,55,61,88H,8,13-34,37-40H2,1-7H3,(H,71,79)(H,72,83)(H,73,82)(H,75,87)(H,76,80)/t44-,52-,55?,61-,69-/m0/s1. The molecule has 1 saturated heterocycles. The number of aliphatic hydroxyl groups is 1. The maximum atomic E-state index is 15.4. The van der Waals surface area contributed by atoms with Gasteiger partial charge in [-0.1, -0.05) is 46.8 Å². The van der Waals surface area contributed by atoms with Crippen LogP contribution >= 0.6 is 11.8 Å². The van der Waals surface area contributed by atoms with Gasteiger partial charge in [0, 0.05) is 60.6 Å². The molecule has 3 aliphatic heterocycles. The first-order valence-corrected chi connectivity index (χ1v) is 34.7. The molecule has 30 heteroatoms. The predicted molar refractivity (Wildman–Crippen MR) is 360 cm³/mol. The molecule has 1 unspecified atom stereocenters. The second-order valence-corrected chi connectivity index (χ2v) is 26.6. The molecule has 28 nitrogen and oxygen atoms in total. The molecule has 0 spiro atoms. The van der Waals surface area contributed by atoms with Crippen LogP contribution in [0.4, 0.5) is 14.9 Å². The van der Waals surface area contributed by atoms with Crippen LogP contribution in [0.25, 0.3) is 22.3 Å². The second kappa shape index (κ2) is 37.8. The van der Waals surface area contributed by atoms with Crippen molar-refractivity contribution >= 4 is 75.9 Å². The van der Waals surface area contributed by atoms with Gasteiger partial charge in [-0.2, -0.15) is 0 Å². The monoisotopic (exact) mass is 1400 g/mol. The van der Waals surface area contributed by atoms with Crippen molar-refractivity contribution in [3.63, 3.8) is 0 Å². The smallest absolute Gasteiger partial charge is 0.407 e. The van der Waals surface area contributed by atoms with Crippen LogP contribution < -0.4 is 32.1 Å². The molecule has 0 saturated carbocycles. The Balaban J connectivity index is 0.614. The first-order chi connectivity index (χ1) is 47.6. The molecule has 4 aromatic rings. The van der Waals surface area contributed by atoms with Crippen molar-refractivity contribution < 1.29 is 95.2 Å². The van der Waals surface area contributed by atoms with Crippen LogP contribution in [0.15, 0.2) is 41.2 Å². The van der Waals surface area contributed by atoms with E-state index in [9.17, 15) is 48.3 Å². The summed E-state index contributed by atoms with van der Waals surface area (Å²) in [6.07, 6.45) is 0.269. The van der Waals surface area contributed by atoms with Gasteiger partial charge in [-0.05, 0) is 84.7 Å². The number of amides is 7. The Morgan fingerprint density at radius 2 is 1.34 bits per heavy atom. The lowest BCUT2D eigenvalue weighted by Crippen LogP contribution is -2.53. The maximum absolute atomic E-state index is 15.4. The Bertz CT molecular complexity index is 3560. The fraction of sp³-hybridized carbons (Fsp3) is 0.594. The van der Waals surface area contributed by atoms with E-state index in [0.29, 0.717) is 156 Å². The first-order valence-electron chi connectivity index (χ1n) is 33.7. The van der Waals surface area contributed by atoms with Crippen LogP contribution in [-0.2, 0) is 113 Å². The van der Waals surface area contributed by atoms with E-state index in [2.05, 4.69) is 26.6 Å². The van der Waals surface area contributed by atoms with E-state index in [4.69, 9.17) is 52.4 Å². The summed E-state index contributed by atoms with van der Waals surface area (Å²) in [4.78, 5) is 123. The highest BCUT2D eigenvalue weighted by molar-refractivity contribution is 8.01. The number of imide groups is 1. The maximum Gasteiger partial charge on any atom is 0.407 e. The van der Waals surface area contributed by atoms with Gasteiger partial charge in [0.15, 0.2) is 5.60 Å². The Morgan fingerprint density at radius 1 is 0.747 bits per heavy atom. The van der Waals surface area contributed by atoms with Crippen LogP contribution in [0.5, 0.6) is 0 Å². The third kappa shape index (κ3) is 21.0. The molecule has 0 radical (unpaired) electrons. The minimum Gasteiger partial charge on any atom is -0.458 e. The van der Waals surface area contributed by atoms with Crippen LogP contribution in [0, 0.1) is 18.7 Å². The number of aryl methyl sites for hydroxylation is 1. The molecule has 2 aromatic heterocycles. The Hall–Kier alpha value is -7.52. The first kappa shape index (κ1) is 77.2. The number of carbonyl (C=O) groups excluding carboxylic acids is 8. The van der Waals surface area contributed by atoms with Gasteiger partial charge in [0.25, 0.3) is 5.56 Å². The molecule has 1 aliphatic carbocycles. The third-order valence-electron chi connectivity index (χ3n) is 17.1. The van der Waals surface area contributed by atoms with E-state index in [0.717, 1.165) is 5.56 Å². The number of anilines is 1. The number of thioether (sulfide) groups is 1. The summed E-state index contributed by atoms with van der Waals surface area (Å²) in [7, 11) is 0. The molecule has 0 bridgehead atoms. The molecule has 8 rings (SSSR count). The lowest BCUT2D eigenvalue weighted by molar-refractivity contribution is -0.172. The molecule has 99 heavy (non-hydrogen) atoms. The number of likely N-dealkylation sites (tertiary alicyclic amines) is 1. The fourth-order valence-corrected chi connectivity index (χ4v) is 12.9. The lowest BCUT2D eigenvalue weighted by Gasteiger charge is -2.31. The van der Waals surface area contributed by atoms with Gasteiger partial charge in [0.05, 0.1) is 146 Å². The minimum atomic E-state index is -2.04. The fourth-order valence-electron chi connectivity index (χ4n) is 11.8. The van der Waals surface area contributed by atoms with Gasteiger partial charge in [-0.3, -0.25) is 38.5 Å². The van der Waals surface area contributed by atoms with Gasteiger partial charge in [-0.15, -0.1) is 11.8 Å². The number of cyclic esters (lactones) is 1. The molecule has 6 N–H and O–H groups in total. The second-order valence-electron chi connectivity index (χ2n) is 24.8. The number of pyridine rings is 2. The summed E-state index contributed by atoms with van der Waals surface area (Å²) in [6, 6.07) is 6.97. The van der Waals surface area contributed by atoms with Crippen LogP contribution in [-0.4, -0.2) is 208 Å². The molecule has 5 heterocycles. The van der Waals surface area contributed by atoms with Gasteiger partial charge in [0.2, 0.25) is 35.4 Å². The number of rotatable bonds is 42. The van der Waals surface area contributed by atoms with Crippen molar-refractivity contribution in [2.75, 3.05) is 124 Å². The van der Waals surface area contributed by atoms with Crippen molar-refractivity contribution in [1.29, 1.82) is 0 Å². The SMILES string of the molecule is CC[C@@]1(O)C(=O)OCc2c1cc1n(c2=O)Cc2c-1nc1cc(F)c(C)c3c1c2[C@@H](NC(=O)OCc1ccc(NC(=O)[C@H](C)NC(=O)[C@@H](NC(=O)CCOCCOCCOCCOCCOCCOCCOCCOCCNC(=O)CCN2C(=O)CC(SC(C)C)C2=O)C(C)C)cc1)CC3. The van der Waals surface area contributed by atoms with Gasteiger partial charge < -0.3 is 83.6 Å². The Morgan fingerprint density at radius 3 is 1.93 bits per heavy atom. The summed E-state index contributed by atoms with van der Waals surface area (Å²) in [5, 5.41) is 25.9. The molecular weight excluding hydrogens is 1310 g/mol. The zero-order valence-electron chi connectivity index (χ0n) is 57.4. The molecule has 5 atom stereocenters. The molecule has 1 fully saturated rings. The number of alkyl carbamates (subject to hydrolysis) is 1. The number of benzene rings is 2. The van der Waals surface area contributed by atoms with E-state index >= 15 is 4.39 Å². The number of carbonyl (C=O) groups is 8. The number of halogens is 1. The van der Waals surface area contributed by atoms with Crippen LogP contribution in [0.2, 0.25) is 0 Å².